The molecule has 0 amide bonds. The summed E-state index contributed by atoms with van der Waals surface area (Å²) in [6.07, 6.45) is 0. The third-order valence-electron chi connectivity index (χ3n) is 1.92. The Kier molecular flexibility index (Phi) is 2.66. The van der Waals surface area contributed by atoms with Gasteiger partial charge in [0.05, 0.1) is 0 Å². The van der Waals surface area contributed by atoms with Gasteiger partial charge in [-0.1, -0.05) is 31.4 Å². The second-order valence-corrected chi connectivity index (χ2v) is 3.23. The fourth-order valence-corrected chi connectivity index (χ4v) is 1.19. The van der Waals surface area contributed by atoms with Crippen molar-refractivity contribution in [2.75, 3.05) is 0 Å². The van der Waals surface area contributed by atoms with Crippen LogP contribution in [0.15, 0.2) is 31.4 Å². The van der Waals surface area contributed by atoms with Crippen molar-refractivity contribution in [1.82, 2.24) is 0 Å². The minimum absolute atomic E-state index is 0.220. The molecular weight excluding hydrogens is 163 g/mol. The Morgan fingerprint density at radius 1 is 1.08 bits per heavy atom. The number of benzene rings is 1. The van der Waals surface area contributed by atoms with Crippen molar-refractivity contribution in [1.29, 1.82) is 0 Å². The van der Waals surface area contributed by atoms with E-state index in [1.54, 1.807) is 26.0 Å². The van der Waals surface area contributed by atoms with E-state index in [0.717, 1.165) is 11.1 Å². The van der Waals surface area contributed by atoms with Crippen LogP contribution in [-0.4, -0.2) is 0 Å². The first-order valence-corrected chi connectivity index (χ1v) is 4.14. The van der Waals surface area contributed by atoms with E-state index < -0.39 is 0 Å². The van der Waals surface area contributed by atoms with Gasteiger partial charge in [0.1, 0.15) is 5.82 Å². The molecule has 1 rings (SSSR count). The molecular formula is C12H13F. The fourth-order valence-electron chi connectivity index (χ4n) is 1.19. The molecule has 0 aliphatic rings. The van der Waals surface area contributed by atoms with Gasteiger partial charge in [0, 0.05) is 11.1 Å². The summed E-state index contributed by atoms with van der Waals surface area (Å²) in [5.74, 6) is -0.220. The maximum atomic E-state index is 13.7. The Morgan fingerprint density at radius 2 is 1.46 bits per heavy atom. The third-order valence-corrected chi connectivity index (χ3v) is 1.92. The van der Waals surface area contributed by atoms with Crippen molar-refractivity contribution < 1.29 is 4.39 Å². The first-order valence-electron chi connectivity index (χ1n) is 4.14. The van der Waals surface area contributed by atoms with Gasteiger partial charge in [0.25, 0.3) is 0 Å². The van der Waals surface area contributed by atoms with Gasteiger partial charge < -0.3 is 0 Å². The maximum absolute atomic E-state index is 13.7. The van der Waals surface area contributed by atoms with Crippen molar-refractivity contribution in [2.24, 2.45) is 0 Å². The van der Waals surface area contributed by atoms with E-state index in [0.29, 0.717) is 11.1 Å². The molecule has 0 fully saturated rings. The predicted molar refractivity (Wildman–Crippen MR) is 55.8 cm³/mol. The second kappa shape index (κ2) is 3.56. The van der Waals surface area contributed by atoms with Crippen LogP contribution in [0.5, 0.6) is 0 Å². The zero-order valence-electron chi connectivity index (χ0n) is 8.02. The average molecular weight is 176 g/mol. The highest BCUT2D eigenvalue weighted by Crippen LogP contribution is 2.23. The van der Waals surface area contributed by atoms with E-state index in [-0.39, 0.29) is 5.82 Å². The van der Waals surface area contributed by atoms with Crippen LogP contribution in [0.3, 0.4) is 0 Å². The predicted octanol–water partition coefficient (Wildman–Crippen LogP) is 3.89. The summed E-state index contributed by atoms with van der Waals surface area (Å²) in [7, 11) is 0. The topological polar surface area (TPSA) is 0 Å². The van der Waals surface area contributed by atoms with Crippen molar-refractivity contribution in [2.45, 2.75) is 13.8 Å². The Morgan fingerprint density at radius 3 is 1.77 bits per heavy atom. The van der Waals surface area contributed by atoms with Crippen LogP contribution in [-0.2, 0) is 0 Å². The first-order chi connectivity index (χ1) is 6.04. The molecule has 0 atom stereocenters. The van der Waals surface area contributed by atoms with Crippen LogP contribution >= 0.6 is 0 Å². The van der Waals surface area contributed by atoms with Crippen LogP contribution in [0.4, 0.5) is 4.39 Å². The molecule has 0 spiro atoms. The van der Waals surface area contributed by atoms with Crippen molar-refractivity contribution in [3.8, 4) is 0 Å². The highest BCUT2D eigenvalue weighted by Gasteiger charge is 2.07. The maximum Gasteiger partial charge on any atom is 0.138 e. The van der Waals surface area contributed by atoms with E-state index >= 15 is 0 Å². The lowest BCUT2D eigenvalue weighted by molar-refractivity contribution is 0.620. The first kappa shape index (κ1) is 9.72. The largest absolute Gasteiger partial charge is 0.206 e. The smallest absolute Gasteiger partial charge is 0.138 e. The van der Waals surface area contributed by atoms with Crippen molar-refractivity contribution in [3.63, 3.8) is 0 Å². The molecule has 0 aliphatic carbocycles. The molecule has 0 nitrogen and oxygen atoms in total. The molecule has 0 heterocycles. The lowest BCUT2D eigenvalue weighted by Crippen LogP contribution is -1.91. The lowest BCUT2D eigenvalue weighted by atomic mass is 10.0. The highest BCUT2D eigenvalue weighted by atomic mass is 19.1. The quantitative estimate of drug-likeness (QED) is 0.641. The van der Waals surface area contributed by atoms with E-state index in [4.69, 9.17) is 0 Å². The van der Waals surface area contributed by atoms with Crippen LogP contribution in [0.25, 0.3) is 11.1 Å². The molecule has 0 radical (unpaired) electrons. The van der Waals surface area contributed by atoms with Gasteiger partial charge in [-0.25, -0.2) is 4.39 Å². The summed E-state index contributed by atoms with van der Waals surface area (Å²) < 4.78 is 13.7. The summed E-state index contributed by atoms with van der Waals surface area (Å²) in [6, 6.07) is 5.27. The van der Waals surface area contributed by atoms with E-state index in [1.807, 2.05) is 6.07 Å². The molecule has 1 aromatic rings. The number of hydrogen-bond donors (Lipinski definition) is 0. The van der Waals surface area contributed by atoms with Gasteiger partial charge >= 0.3 is 0 Å². The van der Waals surface area contributed by atoms with Crippen LogP contribution < -0.4 is 0 Å². The molecule has 0 unspecified atom stereocenters. The Labute approximate surface area is 78.4 Å². The summed E-state index contributed by atoms with van der Waals surface area (Å²) in [4.78, 5) is 0. The van der Waals surface area contributed by atoms with Gasteiger partial charge in [-0.15, -0.1) is 0 Å². The molecule has 1 heteroatoms. The molecule has 1 aromatic carbocycles. The minimum Gasteiger partial charge on any atom is -0.206 e. The van der Waals surface area contributed by atoms with Gasteiger partial charge in [0.2, 0.25) is 0 Å². The zero-order valence-corrected chi connectivity index (χ0v) is 8.02. The molecule has 0 saturated carbocycles. The molecule has 0 saturated heterocycles. The number of halogens is 1. The van der Waals surface area contributed by atoms with Gasteiger partial charge in [-0.2, -0.15) is 0 Å². The third kappa shape index (κ3) is 1.86. The molecule has 0 aliphatic heterocycles. The monoisotopic (exact) mass is 176 g/mol. The zero-order chi connectivity index (χ0) is 10.0. The Bertz CT molecular complexity index is 329. The van der Waals surface area contributed by atoms with Gasteiger partial charge in [-0.05, 0) is 25.0 Å². The second-order valence-electron chi connectivity index (χ2n) is 3.23. The molecule has 0 bridgehead atoms. The number of hydrogen-bond acceptors (Lipinski definition) is 0. The van der Waals surface area contributed by atoms with Crippen molar-refractivity contribution in [3.05, 3.63) is 48.3 Å². The standard InChI is InChI=1S/C12H13F/c1-8(2)10-6-5-7-11(9(3)4)12(10)13/h5-7H,1,3H2,2,4H3. The number of rotatable bonds is 2. The summed E-state index contributed by atoms with van der Waals surface area (Å²) >= 11 is 0. The van der Waals surface area contributed by atoms with E-state index in [1.165, 1.54) is 0 Å². The minimum atomic E-state index is -0.220. The number of allylic oxidation sites excluding steroid dienone is 2. The van der Waals surface area contributed by atoms with Gasteiger partial charge in [-0.3, -0.25) is 0 Å². The van der Waals surface area contributed by atoms with E-state index in [2.05, 4.69) is 13.2 Å². The molecule has 0 N–H and O–H groups in total. The SMILES string of the molecule is C=C(C)c1cccc(C(=C)C)c1F. The lowest BCUT2D eigenvalue weighted by Gasteiger charge is -2.07. The van der Waals surface area contributed by atoms with Gasteiger partial charge in [0.15, 0.2) is 0 Å². The Hall–Kier alpha value is -1.37. The Balaban J connectivity index is 3.35. The fraction of sp³-hybridized carbons (Fsp3) is 0.167. The van der Waals surface area contributed by atoms with Crippen LogP contribution in [0, 0.1) is 5.82 Å². The summed E-state index contributed by atoms with van der Waals surface area (Å²) in [5, 5.41) is 0. The average Bonchev–Trinajstić information content (AvgIpc) is 2.03. The van der Waals surface area contributed by atoms with Crippen LogP contribution in [0.2, 0.25) is 0 Å². The molecule has 0 aromatic heterocycles. The molecule has 13 heavy (non-hydrogen) atoms. The van der Waals surface area contributed by atoms with Crippen molar-refractivity contribution >= 4 is 11.1 Å². The normalized spacial score (nSPS) is 9.77. The summed E-state index contributed by atoms with van der Waals surface area (Å²) in [5.41, 5.74) is 2.61. The molecule has 68 valence electrons. The van der Waals surface area contributed by atoms with Crippen LogP contribution in [0.1, 0.15) is 25.0 Å². The van der Waals surface area contributed by atoms with E-state index in [9.17, 15) is 4.39 Å². The summed E-state index contributed by atoms with van der Waals surface area (Å²) in [6.45, 7) is 11.0. The highest BCUT2D eigenvalue weighted by molar-refractivity contribution is 5.69.